The Morgan fingerprint density at radius 2 is 1.90 bits per heavy atom. The van der Waals surface area contributed by atoms with E-state index in [2.05, 4.69) is 14.9 Å². The number of benzene rings is 2. The van der Waals surface area contributed by atoms with Gasteiger partial charge in [0.15, 0.2) is 0 Å². The Kier molecular flexibility index (Phi) is 5.71. The average Bonchev–Trinajstić information content (AvgIpc) is 3.20. The zero-order valence-corrected chi connectivity index (χ0v) is 18.0. The van der Waals surface area contributed by atoms with E-state index in [1.54, 1.807) is 55.2 Å². The second-order valence-corrected chi connectivity index (χ2v) is 9.19. The molecule has 2 heterocycles. The fraction of sp³-hybridized carbons (Fsp3) is 0.227. The summed E-state index contributed by atoms with van der Waals surface area (Å²) in [5, 5.41) is 4.01. The maximum atomic E-state index is 12.2. The van der Waals surface area contributed by atoms with Crippen molar-refractivity contribution < 1.29 is 17.7 Å². The first-order chi connectivity index (χ1) is 14.8. The van der Waals surface area contributed by atoms with Gasteiger partial charge in [0, 0.05) is 36.3 Å². The van der Waals surface area contributed by atoms with Gasteiger partial charge in [0.1, 0.15) is 0 Å². The number of carbonyl (C=O) groups is 1. The van der Waals surface area contributed by atoms with Crippen LogP contribution in [0.3, 0.4) is 0 Å². The molecule has 2 aromatic carbocycles. The van der Waals surface area contributed by atoms with E-state index < -0.39 is 10.0 Å². The first-order valence-electron chi connectivity index (χ1n) is 9.87. The van der Waals surface area contributed by atoms with Crippen molar-refractivity contribution in [1.29, 1.82) is 0 Å². The molecule has 9 heteroatoms. The number of amides is 1. The first-order valence-corrected chi connectivity index (χ1v) is 11.4. The summed E-state index contributed by atoms with van der Waals surface area (Å²) in [5.74, 6) is 0.849. The fourth-order valence-corrected chi connectivity index (χ4v) is 4.38. The molecule has 1 aliphatic rings. The van der Waals surface area contributed by atoms with Crippen molar-refractivity contribution in [3.05, 3.63) is 60.0 Å². The van der Waals surface area contributed by atoms with Gasteiger partial charge in [0.05, 0.1) is 4.90 Å². The Balaban J connectivity index is 1.47. The van der Waals surface area contributed by atoms with Crippen LogP contribution < -0.4 is 9.62 Å². The van der Waals surface area contributed by atoms with E-state index in [0.717, 1.165) is 23.4 Å². The lowest BCUT2D eigenvalue weighted by Crippen LogP contribution is -2.43. The number of nitrogens with zero attached hydrogens (tertiary/aromatic N) is 3. The predicted molar refractivity (Wildman–Crippen MR) is 118 cm³/mol. The van der Waals surface area contributed by atoms with E-state index in [1.807, 2.05) is 24.3 Å². The molecule has 0 atom stereocenters. The number of β-lactam (4-membered cyclic amide) rings is 1. The number of hydrogen-bond acceptors (Lipinski definition) is 6. The highest BCUT2D eigenvalue weighted by Gasteiger charge is 2.25. The highest BCUT2D eigenvalue weighted by molar-refractivity contribution is 7.89. The number of nitrogens with one attached hydrogen (secondary N) is 1. The topological polar surface area (TPSA) is 105 Å². The summed E-state index contributed by atoms with van der Waals surface area (Å²) in [7, 11) is -3.52. The molecule has 1 N–H and O–H groups in total. The van der Waals surface area contributed by atoms with Crippen LogP contribution in [0.1, 0.15) is 31.7 Å². The smallest absolute Gasteiger partial charge is 0.250 e. The van der Waals surface area contributed by atoms with Crippen LogP contribution in [-0.2, 0) is 14.8 Å². The zero-order valence-electron chi connectivity index (χ0n) is 17.1. The lowest BCUT2D eigenvalue weighted by Gasteiger charge is -2.30. The minimum Gasteiger partial charge on any atom is -0.334 e. The van der Waals surface area contributed by atoms with Gasteiger partial charge < -0.3 is 9.42 Å². The van der Waals surface area contributed by atoms with Crippen molar-refractivity contribution in [3.8, 4) is 11.4 Å². The van der Waals surface area contributed by atoms with E-state index in [9.17, 15) is 13.2 Å². The number of rotatable bonds is 7. The molecule has 0 radical (unpaired) electrons. The maximum Gasteiger partial charge on any atom is 0.250 e. The SMILES string of the molecule is CC(C)NS(=O)(=O)c1ccc(C=Cc2nc(-c3cccc(N4CCC4=O)c3)no2)cc1. The molecule has 3 aromatic rings. The minimum atomic E-state index is -3.52. The molecular weight excluding hydrogens is 416 g/mol. The largest absolute Gasteiger partial charge is 0.334 e. The summed E-state index contributed by atoms with van der Waals surface area (Å²) >= 11 is 0. The first kappa shape index (κ1) is 21.0. The van der Waals surface area contributed by atoms with Crippen molar-refractivity contribution in [2.45, 2.75) is 31.2 Å². The second kappa shape index (κ2) is 8.44. The molecule has 8 nitrogen and oxygen atoms in total. The number of sulfonamides is 1. The van der Waals surface area contributed by atoms with Crippen LogP contribution >= 0.6 is 0 Å². The number of anilines is 1. The van der Waals surface area contributed by atoms with Crippen LogP contribution in [0.2, 0.25) is 0 Å². The minimum absolute atomic E-state index is 0.104. The predicted octanol–water partition coefficient (Wildman–Crippen LogP) is 3.33. The Morgan fingerprint density at radius 3 is 2.55 bits per heavy atom. The van der Waals surface area contributed by atoms with E-state index in [0.29, 0.717) is 18.1 Å². The van der Waals surface area contributed by atoms with Gasteiger partial charge >= 0.3 is 0 Å². The normalized spacial score (nSPS) is 14.4. The molecule has 0 bridgehead atoms. The zero-order chi connectivity index (χ0) is 22.0. The third kappa shape index (κ3) is 4.73. The summed E-state index contributed by atoms with van der Waals surface area (Å²) in [4.78, 5) is 18.0. The molecule has 1 amide bonds. The van der Waals surface area contributed by atoms with Gasteiger partial charge in [-0.1, -0.05) is 29.4 Å². The molecule has 1 saturated heterocycles. The Bertz CT molecular complexity index is 1230. The van der Waals surface area contributed by atoms with Crippen LogP contribution in [0.15, 0.2) is 57.9 Å². The van der Waals surface area contributed by atoms with Crippen molar-refractivity contribution in [2.75, 3.05) is 11.4 Å². The standard InChI is InChI=1S/C22H22N4O4S/c1-15(2)25-31(28,29)19-9-6-16(7-10-19)8-11-20-23-22(24-30-20)17-4-3-5-18(14-17)26-13-12-21(26)27/h3-11,14-15,25H,12-13H2,1-2H3. The van der Waals surface area contributed by atoms with E-state index in [-0.39, 0.29) is 16.8 Å². The van der Waals surface area contributed by atoms with Gasteiger partial charge in [-0.05, 0) is 49.8 Å². The fourth-order valence-electron chi connectivity index (χ4n) is 3.12. The van der Waals surface area contributed by atoms with Crippen molar-refractivity contribution in [3.63, 3.8) is 0 Å². The van der Waals surface area contributed by atoms with Crippen LogP contribution in [0, 0.1) is 0 Å². The van der Waals surface area contributed by atoms with Gasteiger partial charge in [-0.3, -0.25) is 4.79 Å². The van der Waals surface area contributed by atoms with Gasteiger partial charge in [-0.15, -0.1) is 0 Å². The van der Waals surface area contributed by atoms with E-state index >= 15 is 0 Å². The van der Waals surface area contributed by atoms with Crippen molar-refractivity contribution in [2.24, 2.45) is 0 Å². The Hall–Kier alpha value is -3.30. The number of hydrogen-bond donors (Lipinski definition) is 1. The molecule has 1 aliphatic heterocycles. The van der Waals surface area contributed by atoms with Crippen LogP contribution in [0.5, 0.6) is 0 Å². The van der Waals surface area contributed by atoms with Crippen LogP contribution in [0.25, 0.3) is 23.5 Å². The van der Waals surface area contributed by atoms with Gasteiger partial charge in [0.25, 0.3) is 5.89 Å². The van der Waals surface area contributed by atoms with E-state index in [4.69, 9.17) is 4.52 Å². The van der Waals surface area contributed by atoms with Crippen molar-refractivity contribution in [1.82, 2.24) is 14.9 Å². The molecule has 0 aliphatic carbocycles. The summed E-state index contributed by atoms with van der Waals surface area (Å²) in [6, 6.07) is 13.8. The van der Waals surface area contributed by atoms with Crippen LogP contribution in [-0.4, -0.2) is 37.1 Å². The summed E-state index contributed by atoms with van der Waals surface area (Å²) in [5.41, 5.74) is 2.37. The maximum absolute atomic E-state index is 12.2. The molecule has 0 unspecified atom stereocenters. The summed E-state index contributed by atoms with van der Waals surface area (Å²) in [6.07, 6.45) is 4.00. The summed E-state index contributed by atoms with van der Waals surface area (Å²) < 4.78 is 32.2. The van der Waals surface area contributed by atoms with Crippen molar-refractivity contribution >= 4 is 33.8 Å². The Labute approximate surface area is 180 Å². The molecule has 4 rings (SSSR count). The van der Waals surface area contributed by atoms with Gasteiger partial charge in [0.2, 0.25) is 21.8 Å². The summed E-state index contributed by atoms with van der Waals surface area (Å²) in [6.45, 7) is 4.26. The molecule has 0 saturated carbocycles. The molecule has 1 aromatic heterocycles. The van der Waals surface area contributed by atoms with Gasteiger partial charge in [-0.25, -0.2) is 13.1 Å². The third-order valence-electron chi connectivity index (χ3n) is 4.71. The molecular formula is C22H22N4O4S. The van der Waals surface area contributed by atoms with E-state index in [1.165, 1.54) is 0 Å². The molecule has 0 spiro atoms. The Morgan fingerprint density at radius 1 is 1.13 bits per heavy atom. The third-order valence-corrected chi connectivity index (χ3v) is 6.38. The number of carbonyl (C=O) groups excluding carboxylic acids is 1. The quantitative estimate of drug-likeness (QED) is 0.567. The highest BCUT2D eigenvalue weighted by Crippen LogP contribution is 2.26. The average molecular weight is 439 g/mol. The lowest BCUT2D eigenvalue weighted by atomic mass is 10.1. The molecule has 1 fully saturated rings. The number of aromatic nitrogens is 2. The second-order valence-electron chi connectivity index (χ2n) is 7.48. The highest BCUT2D eigenvalue weighted by atomic mass is 32.2. The lowest BCUT2D eigenvalue weighted by molar-refractivity contribution is -0.122. The van der Waals surface area contributed by atoms with Gasteiger partial charge in [-0.2, -0.15) is 4.98 Å². The monoisotopic (exact) mass is 438 g/mol. The van der Waals surface area contributed by atoms with Crippen LogP contribution in [0.4, 0.5) is 5.69 Å². The molecule has 31 heavy (non-hydrogen) atoms. The molecule has 160 valence electrons.